The van der Waals surface area contributed by atoms with Crippen LogP contribution in [0.5, 0.6) is 5.75 Å². The summed E-state index contributed by atoms with van der Waals surface area (Å²) in [6.45, 7) is 8.15. The summed E-state index contributed by atoms with van der Waals surface area (Å²) in [5.74, 6) is 0.930. The molecule has 0 aliphatic heterocycles. The Kier molecular flexibility index (Phi) is 6.93. The van der Waals surface area contributed by atoms with E-state index in [-0.39, 0.29) is 17.6 Å². The maximum Gasteiger partial charge on any atom is 0.269 e. The molecule has 0 fully saturated rings. The molecule has 6 heteroatoms. The highest BCUT2D eigenvalue weighted by Crippen LogP contribution is 2.32. The fourth-order valence-corrected chi connectivity index (χ4v) is 3.03. The Morgan fingerprint density at radius 3 is 2.32 bits per heavy atom. The SMILES string of the molecule is COc1cc(C)c([C@H](C)NC(=O)/C=C/c2ccc([N+](=O)[O-])cc2)cc1C(C)C. The molecule has 2 rings (SSSR count). The number of ether oxygens (including phenoxy) is 1. The molecule has 0 saturated heterocycles. The average molecular weight is 382 g/mol. The monoisotopic (exact) mass is 382 g/mol. The first kappa shape index (κ1) is 21.2. The van der Waals surface area contributed by atoms with Gasteiger partial charge in [-0.15, -0.1) is 0 Å². The quantitative estimate of drug-likeness (QED) is 0.418. The van der Waals surface area contributed by atoms with E-state index in [1.807, 2.05) is 19.9 Å². The standard InChI is InChI=1S/C22H26N2O4/c1-14(2)19-13-20(15(3)12-21(19)28-5)16(4)23-22(25)11-8-17-6-9-18(10-7-17)24(26)27/h6-14,16H,1-5H3,(H,23,25)/b11-8+/t16-/m0/s1. The summed E-state index contributed by atoms with van der Waals surface area (Å²) in [6, 6.07) is 9.95. The van der Waals surface area contributed by atoms with E-state index in [0.717, 1.165) is 28.0 Å². The van der Waals surface area contributed by atoms with Gasteiger partial charge in [-0.05, 0) is 72.4 Å². The number of amides is 1. The van der Waals surface area contributed by atoms with Gasteiger partial charge in [0.15, 0.2) is 0 Å². The second kappa shape index (κ2) is 9.17. The molecule has 0 radical (unpaired) electrons. The molecule has 1 atom stereocenters. The van der Waals surface area contributed by atoms with Crippen LogP contribution in [0.25, 0.3) is 6.08 Å². The maximum absolute atomic E-state index is 12.3. The molecule has 2 aromatic rings. The summed E-state index contributed by atoms with van der Waals surface area (Å²) in [6.07, 6.45) is 3.06. The molecular weight excluding hydrogens is 356 g/mol. The lowest BCUT2D eigenvalue weighted by Crippen LogP contribution is -2.25. The minimum absolute atomic E-state index is 0.0196. The Morgan fingerprint density at radius 2 is 1.79 bits per heavy atom. The largest absolute Gasteiger partial charge is 0.496 e. The third-order valence-electron chi connectivity index (χ3n) is 4.60. The van der Waals surface area contributed by atoms with Gasteiger partial charge in [-0.3, -0.25) is 14.9 Å². The molecule has 0 aliphatic carbocycles. The molecule has 0 aliphatic rings. The van der Waals surface area contributed by atoms with E-state index in [4.69, 9.17) is 4.74 Å². The van der Waals surface area contributed by atoms with E-state index in [9.17, 15) is 14.9 Å². The first-order valence-corrected chi connectivity index (χ1v) is 9.14. The summed E-state index contributed by atoms with van der Waals surface area (Å²) in [7, 11) is 1.66. The van der Waals surface area contributed by atoms with E-state index in [1.165, 1.54) is 18.2 Å². The number of non-ortho nitro benzene ring substituents is 1. The smallest absolute Gasteiger partial charge is 0.269 e. The molecule has 0 spiro atoms. The number of hydrogen-bond acceptors (Lipinski definition) is 4. The third kappa shape index (κ3) is 5.19. The Balaban J connectivity index is 2.11. The molecule has 0 saturated carbocycles. The molecule has 28 heavy (non-hydrogen) atoms. The first-order valence-electron chi connectivity index (χ1n) is 9.14. The van der Waals surface area contributed by atoms with Crippen molar-refractivity contribution in [2.75, 3.05) is 7.11 Å². The minimum atomic E-state index is -0.454. The number of carbonyl (C=O) groups excluding carboxylic acids is 1. The van der Waals surface area contributed by atoms with Gasteiger partial charge >= 0.3 is 0 Å². The highest BCUT2D eigenvalue weighted by molar-refractivity contribution is 5.92. The van der Waals surface area contributed by atoms with Gasteiger partial charge < -0.3 is 10.1 Å². The lowest BCUT2D eigenvalue weighted by Gasteiger charge is -2.20. The fourth-order valence-electron chi connectivity index (χ4n) is 3.03. The van der Waals surface area contributed by atoms with Crippen molar-refractivity contribution in [3.05, 3.63) is 74.8 Å². The van der Waals surface area contributed by atoms with Crippen molar-refractivity contribution in [2.24, 2.45) is 0 Å². The van der Waals surface area contributed by atoms with E-state index < -0.39 is 4.92 Å². The van der Waals surface area contributed by atoms with Crippen molar-refractivity contribution in [1.82, 2.24) is 5.32 Å². The van der Waals surface area contributed by atoms with Gasteiger partial charge in [-0.25, -0.2) is 0 Å². The van der Waals surface area contributed by atoms with Crippen LogP contribution in [0.1, 0.15) is 55.0 Å². The summed E-state index contributed by atoms with van der Waals surface area (Å²) < 4.78 is 5.47. The zero-order chi connectivity index (χ0) is 20.8. The van der Waals surface area contributed by atoms with E-state index in [1.54, 1.807) is 25.3 Å². The number of aryl methyl sites for hydroxylation is 1. The Hall–Kier alpha value is -3.15. The predicted molar refractivity (Wildman–Crippen MR) is 111 cm³/mol. The second-order valence-corrected chi connectivity index (χ2v) is 7.02. The van der Waals surface area contributed by atoms with Crippen molar-refractivity contribution in [3.8, 4) is 5.75 Å². The van der Waals surface area contributed by atoms with Crippen molar-refractivity contribution in [3.63, 3.8) is 0 Å². The van der Waals surface area contributed by atoms with Crippen LogP contribution in [0, 0.1) is 17.0 Å². The average Bonchev–Trinajstić information content (AvgIpc) is 2.65. The van der Waals surface area contributed by atoms with Crippen LogP contribution in [-0.4, -0.2) is 17.9 Å². The Morgan fingerprint density at radius 1 is 1.14 bits per heavy atom. The molecule has 0 aromatic heterocycles. The molecule has 0 unspecified atom stereocenters. The number of rotatable bonds is 7. The topological polar surface area (TPSA) is 81.5 Å². The summed E-state index contributed by atoms with van der Waals surface area (Å²) >= 11 is 0. The molecule has 2 aromatic carbocycles. The van der Waals surface area contributed by atoms with Crippen molar-refractivity contribution in [1.29, 1.82) is 0 Å². The van der Waals surface area contributed by atoms with Crippen LogP contribution >= 0.6 is 0 Å². The number of hydrogen-bond donors (Lipinski definition) is 1. The third-order valence-corrected chi connectivity index (χ3v) is 4.60. The molecule has 0 heterocycles. The normalized spacial score (nSPS) is 12.2. The van der Waals surface area contributed by atoms with Gasteiger partial charge in [-0.1, -0.05) is 13.8 Å². The molecule has 6 nitrogen and oxygen atoms in total. The van der Waals surface area contributed by atoms with E-state index in [2.05, 4.69) is 25.2 Å². The number of nitrogens with zero attached hydrogens (tertiary/aromatic N) is 1. The van der Waals surface area contributed by atoms with Gasteiger partial charge in [0.2, 0.25) is 5.91 Å². The highest BCUT2D eigenvalue weighted by Gasteiger charge is 2.16. The van der Waals surface area contributed by atoms with E-state index >= 15 is 0 Å². The van der Waals surface area contributed by atoms with Gasteiger partial charge in [-0.2, -0.15) is 0 Å². The van der Waals surface area contributed by atoms with E-state index in [0.29, 0.717) is 5.92 Å². The van der Waals surface area contributed by atoms with Gasteiger partial charge in [0.1, 0.15) is 5.75 Å². The fraction of sp³-hybridized carbons (Fsp3) is 0.318. The lowest BCUT2D eigenvalue weighted by molar-refractivity contribution is -0.384. The number of methoxy groups -OCH3 is 1. The minimum Gasteiger partial charge on any atom is -0.496 e. The molecule has 1 amide bonds. The number of benzene rings is 2. The molecule has 0 bridgehead atoms. The van der Waals surface area contributed by atoms with Crippen LogP contribution in [-0.2, 0) is 4.79 Å². The van der Waals surface area contributed by atoms with Crippen molar-refractivity contribution >= 4 is 17.7 Å². The van der Waals surface area contributed by atoms with Crippen LogP contribution in [0.2, 0.25) is 0 Å². The Labute approximate surface area is 165 Å². The number of carbonyl (C=O) groups is 1. The molecular formula is C22H26N2O4. The van der Waals surface area contributed by atoms with Crippen molar-refractivity contribution < 1.29 is 14.5 Å². The predicted octanol–water partition coefficient (Wildman–Crippen LogP) is 4.93. The Bertz CT molecular complexity index is 886. The number of nitrogens with one attached hydrogen (secondary N) is 1. The maximum atomic E-state index is 12.3. The summed E-state index contributed by atoms with van der Waals surface area (Å²) in [4.78, 5) is 22.5. The lowest BCUT2D eigenvalue weighted by atomic mass is 9.93. The molecule has 148 valence electrons. The van der Waals surface area contributed by atoms with Gasteiger partial charge in [0, 0.05) is 18.2 Å². The zero-order valence-electron chi connectivity index (χ0n) is 16.9. The van der Waals surface area contributed by atoms with Crippen LogP contribution in [0.15, 0.2) is 42.5 Å². The summed E-state index contributed by atoms with van der Waals surface area (Å²) in [5, 5.41) is 13.6. The van der Waals surface area contributed by atoms with Crippen molar-refractivity contribution in [2.45, 2.75) is 39.7 Å². The van der Waals surface area contributed by atoms with Gasteiger partial charge in [0.05, 0.1) is 18.1 Å². The molecule has 1 N–H and O–H groups in total. The van der Waals surface area contributed by atoms with Gasteiger partial charge in [0.25, 0.3) is 5.69 Å². The van der Waals surface area contributed by atoms with Crippen LogP contribution in [0.3, 0.4) is 0 Å². The first-order chi connectivity index (χ1) is 13.2. The van der Waals surface area contributed by atoms with Crippen LogP contribution < -0.4 is 10.1 Å². The number of nitro benzene ring substituents is 1. The number of nitro groups is 1. The highest BCUT2D eigenvalue weighted by atomic mass is 16.6. The second-order valence-electron chi connectivity index (χ2n) is 7.02. The summed E-state index contributed by atoms with van der Waals surface area (Å²) in [5.41, 5.74) is 3.93. The zero-order valence-corrected chi connectivity index (χ0v) is 16.9. The van der Waals surface area contributed by atoms with Crippen LogP contribution in [0.4, 0.5) is 5.69 Å².